The van der Waals surface area contributed by atoms with Gasteiger partial charge in [-0.1, -0.05) is 12.1 Å². The topological polar surface area (TPSA) is 50.3 Å². The summed E-state index contributed by atoms with van der Waals surface area (Å²) in [5.74, 6) is 1.92. The van der Waals surface area contributed by atoms with Crippen molar-refractivity contribution in [3.63, 3.8) is 0 Å². The lowest BCUT2D eigenvalue weighted by Crippen LogP contribution is -2.39. The van der Waals surface area contributed by atoms with Crippen LogP contribution in [0.4, 0.5) is 5.82 Å². The van der Waals surface area contributed by atoms with Crippen LogP contribution in [-0.2, 0) is 19.4 Å². The van der Waals surface area contributed by atoms with Crippen molar-refractivity contribution >= 4 is 17.4 Å². The van der Waals surface area contributed by atoms with E-state index >= 15 is 0 Å². The number of fused-ring (bicyclic) bond motifs is 1. The summed E-state index contributed by atoms with van der Waals surface area (Å²) in [7, 11) is 0. The molecule has 2 aromatic rings. The van der Waals surface area contributed by atoms with Crippen LogP contribution >= 0.6 is 11.6 Å². The van der Waals surface area contributed by atoms with E-state index in [0.29, 0.717) is 17.9 Å². The van der Waals surface area contributed by atoms with Crippen LogP contribution in [0.2, 0.25) is 5.28 Å². The number of hydrogen-bond donors (Lipinski definition) is 1. The summed E-state index contributed by atoms with van der Waals surface area (Å²) in [6, 6.07) is 8.88. The minimum atomic E-state index is 0.366. The van der Waals surface area contributed by atoms with Crippen LogP contribution in [0, 0.1) is 0 Å². The quantitative estimate of drug-likeness (QED) is 0.757. The molecular formula is C21H27ClN4O. The summed E-state index contributed by atoms with van der Waals surface area (Å²) in [5.41, 5.74) is 3.71. The molecule has 144 valence electrons. The van der Waals surface area contributed by atoms with E-state index in [1.54, 1.807) is 0 Å². The standard InChI is InChI=1S/C21H27ClN4O/c1-2-27-17-6-3-5-15(13-17)14-26-11-9-16(10-12-26)23-20-18-7-4-8-19(18)24-21(22)25-20/h3,5-6,13,16H,2,4,7-12,14H2,1H3,(H,23,24,25). The van der Waals surface area contributed by atoms with Gasteiger partial charge >= 0.3 is 0 Å². The lowest BCUT2D eigenvalue weighted by atomic mass is 10.0. The number of nitrogens with zero attached hydrogens (tertiary/aromatic N) is 3. The van der Waals surface area contributed by atoms with Gasteiger partial charge < -0.3 is 10.1 Å². The molecule has 0 saturated carbocycles. The van der Waals surface area contributed by atoms with Gasteiger partial charge in [0.15, 0.2) is 0 Å². The first-order valence-electron chi connectivity index (χ1n) is 9.97. The van der Waals surface area contributed by atoms with Crippen LogP contribution < -0.4 is 10.1 Å². The van der Waals surface area contributed by atoms with Crippen molar-refractivity contribution in [2.24, 2.45) is 0 Å². The van der Waals surface area contributed by atoms with Crippen molar-refractivity contribution in [3.8, 4) is 5.75 Å². The summed E-state index contributed by atoms with van der Waals surface area (Å²) in [6.45, 7) is 5.86. The minimum Gasteiger partial charge on any atom is -0.494 e. The van der Waals surface area contributed by atoms with E-state index in [1.165, 1.54) is 11.1 Å². The fourth-order valence-electron chi connectivity index (χ4n) is 4.11. The van der Waals surface area contributed by atoms with Crippen molar-refractivity contribution in [2.45, 2.75) is 51.6 Å². The SMILES string of the molecule is CCOc1cccc(CN2CCC(Nc3nc(Cl)nc4c3CCC4)CC2)c1. The summed E-state index contributed by atoms with van der Waals surface area (Å²) >= 11 is 6.11. The first-order chi connectivity index (χ1) is 13.2. The average molecular weight is 387 g/mol. The number of aromatic nitrogens is 2. The third-order valence-corrected chi connectivity index (χ3v) is 5.62. The maximum absolute atomic E-state index is 6.11. The highest BCUT2D eigenvalue weighted by Gasteiger charge is 2.23. The molecule has 0 atom stereocenters. The lowest BCUT2D eigenvalue weighted by molar-refractivity contribution is 0.211. The zero-order valence-electron chi connectivity index (χ0n) is 15.9. The molecule has 1 fully saturated rings. The molecule has 1 aromatic carbocycles. The zero-order valence-corrected chi connectivity index (χ0v) is 16.6. The second kappa shape index (κ2) is 8.44. The number of benzene rings is 1. The number of ether oxygens (including phenoxy) is 1. The van der Waals surface area contributed by atoms with Gasteiger partial charge in [0, 0.05) is 31.2 Å². The van der Waals surface area contributed by atoms with Crippen molar-refractivity contribution in [1.82, 2.24) is 14.9 Å². The highest BCUT2D eigenvalue weighted by molar-refractivity contribution is 6.28. The second-order valence-corrected chi connectivity index (χ2v) is 7.73. The van der Waals surface area contributed by atoms with Gasteiger partial charge in [-0.05, 0) is 68.3 Å². The van der Waals surface area contributed by atoms with Gasteiger partial charge in [0.25, 0.3) is 0 Å². The highest BCUT2D eigenvalue weighted by atomic mass is 35.5. The molecule has 27 heavy (non-hydrogen) atoms. The van der Waals surface area contributed by atoms with Crippen molar-refractivity contribution in [2.75, 3.05) is 25.0 Å². The number of nitrogens with one attached hydrogen (secondary N) is 1. The first-order valence-corrected chi connectivity index (χ1v) is 10.3. The number of aryl methyl sites for hydroxylation is 1. The van der Waals surface area contributed by atoms with Gasteiger partial charge in [-0.25, -0.2) is 9.97 Å². The van der Waals surface area contributed by atoms with Crippen molar-refractivity contribution < 1.29 is 4.74 Å². The number of likely N-dealkylation sites (tertiary alicyclic amines) is 1. The largest absolute Gasteiger partial charge is 0.494 e. The Balaban J connectivity index is 1.33. The fourth-order valence-corrected chi connectivity index (χ4v) is 4.30. The fraction of sp³-hybridized carbons (Fsp3) is 0.524. The minimum absolute atomic E-state index is 0.366. The van der Waals surface area contributed by atoms with E-state index in [0.717, 1.165) is 69.0 Å². The summed E-state index contributed by atoms with van der Waals surface area (Å²) in [6.07, 6.45) is 5.46. The summed E-state index contributed by atoms with van der Waals surface area (Å²) < 4.78 is 5.61. The highest BCUT2D eigenvalue weighted by Crippen LogP contribution is 2.29. The van der Waals surface area contributed by atoms with Crippen LogP contribution in [0.25, 0.3) is 0 Å². The predicted octanol–water partition coefficient (Wildman–Crippen LogP) is 4.09. The molecule has 1 aromatic heterocycles. The lowest BCUT2D eigenvalue weighted by Gasteiger charge is -2.33. The third-order valence-electron chi connectivity index (χ3n) is 5.45. The number of halogens is 1. The zero-order chi connectivity index (χ0) is 18.6. The number of hydrogen-bond acceptors (Lipinski definition) is 5. The molecule has 6 heteroatoms. The van der Waals surface area contributed by atoms with E-state index in [2.05, 4.69) is 38.4 Å². The summed E-state index contributed by atoms with van der Waals surface area (Å²) in [4.78, 5) is 11.4. The number of piperidine rings is 1. The Morgan fingerprint density at radius 1 is 1.22 bits per heavy atom. The Kier molecular flexibility index (Phi) is 5.79. The van der Waals surface area contributed by atoms with E-state index in [4.69, 9.17) is 16.3 Å². The maximum atomic E-state index is 6.11. The van der Waals surface area contributed by atoms with Crippen molar-refractivity contribution in [3.05, 3.63) is 46.4 Å². The van der Waals surface area contributed by atoms with Crippen LogP contribution in [-0.4, -0.2) is 40.6 Å². The van der Waals surface area contributed by atoms with Gasteiger partial charge in [-0.3, -0.25) is 4.90 Å². The van der Waals surface area contributed by atoms with E-state index in [9.17, 15) is 0 Å². The van der Waals surface area contributed by atoms with Crippen LogP contribution in [0.3, 0.4) is 0 Å². The maximum Gasteiger partial charge on any atom is 0.224 e. The van der Waals surface area contributed by atoms with Gasteiger partial charge in [0.2, 0.25) is 5.28 Å². The molecule has 2 aliphatic rings. The second-order valence-electron chi connectivity index (χ2n) is 7.40. The monoisotopic (exact) mass is 386 g/mol. The molecule has 4 rings (SSSR count). The Hall–Kier alpha value is -1.85. The first kappa shape index (κ1) is 18.5. The molecule has 1 aliphatic heterocycles. The molecule has 1 saturated heterocycles. The molecule has 1 N–H and O–H groups in total. The third kappa shape index (κ3) is 4.53. The molecule has 0 radical (unpaired) electrons. The Bertz CT molecular complexity index is 790. The molecular weight excluding hydrogens is 360 g/mol. The van der Waals surface area contributed by atoms with Gasteiger partial charge in [0.05, 0.1) is 12.3 Å². The van der Waals surface area contributed by atoms with E-state index in [1.807, 2.05) is 13.0 Å². The molecule has 5 nitrogen and oxygen atoms in total. The number of rotatable bonds is 6. The van der Waals surface area contributed by atoms with Crippen LogP contribution in [0.15, 0.2) is 24.3 Å². The molecule has 0 bridgehead atoms. The van der Waals surface area contributed by atoms with Gasteiger partial charge in [-0.15, -0.1) is 0 Å². The average Bonchev–Trinajstić information content (AvgIpc) is 3.12. The summed E-state index contributed by atoms with van der Waals surface area (Å²) in [5, 5.41) is 4.02. The van der Waals surface area contributed by atoms with E-state index in [-0.39, 0.29) is 0 Å². The van der Waals surface area contributed by atoms with Gasteiger partial charge in [-0.2, -0.15) is 0 Å². The Morgan fingerprint density at radius 2 is 2.07 bits per heavy atom. The molecule has 1 aliphatic carbocycles. The van der Waals surface area contributed by atoms with Gasteiger partial charge in [0.1, 0.15) is 11.6 Å². The predicted molar refractivity (Wildman–Crippen MR) is 109 cm³/mol. The smallest absolute Gasteiger partial charge is 0.224 e. The molecule has 0 amide bonds. The number of anilines is 1. The normalized spacial score (nSPS) is 17.7. The van der Waals surface area contributed by atoms with Crippen LogP contribution in [0.1, 0.15) is 43.0 Å². The van der Waals surface area contributed by atoms with Crippen molar-refractivity contribution in [1.29, 1.82) is 0 Å². The molecule has 2 heterocycles. The molecule has 0 spiro atoms. The molecule has 0 unspecified atom stereocenters. The Labute approximate surface area is 166 Å². The Morgan fingerprint density at radius 3 is 2.89 bits per heavy atom. The van der Waals surface area contributed by atoms with E-state index < -0.39 is 0 Å². The van der Waals surface area contributed by atoms with Crippen LogP contribution in [0.5, 0.6) is 5.75 Å².